The molecule has 1 aliphatic heterocycles. The largest absolute Gasteiger partial charge is 0.376 e. The highest BCUT2D eigenvalue weighted by Gasteiger charge is 2.27. The van der Waals surface area contributed by atoms with Gasteiger partial charge in [-0.25, -0.2) is 9.78 Å². The molecule has 0 spiro atoms. The molecule has 0 atom stereocenters. The molecule has 24 heavy (non-hydrogen) atoms. The van der Waals surface area contributed by atoms with Crippen LogP contribution in [0.1, 0.15) is 43.0 Å². The van der Waals surface area contributed by atoms with Crippen molar-refractivity contribution < 1.29 is 9.78 Å². The average Bonchev–Trinajstić information content (AvgIpc) is 2.88. The topological polar surface area (TPSA) is 30.5 Å². The molecule has 1 heterocycles. The molecule has 3 heteroatoms. The first-order chi connectivity index (χ1) is 11.5. The molecule has 1 N–H and O–H groups in total. The molecule has 2 aromatic carbocycles. The van der Waals surface area contributed by atoms with Crippen molar-refractivity contribution in [1.29, 1.82) is 0 Å². The zero-order valence-corrected chi connectivity index (χ0v) is 14.7. The lowest BCUT2D eigenvalue weighted by Gasteiger charge is -2.32. The van der Waals surface area contributed by atoms with E-state index in [2.05, 4.69) is 62.5 Å². The minimum absolute atomic E-state index is 0.00571. The Morgan fingerprint density at radius 3 is 2.75 bits per heavy atom. The lowest BCUT2D eigenvalue weighted by atomic mass is 9.89. The van der Waals surface area contributed by atoms with Crippen LogP contribution in [0.2, 0.25) is 0 Å². The van der Waals surface area contributed by atoms with E-state index in [9.17, 15) is 0 Å². The van der Waals surface area contributed by atoms with Gasteiger partial charge in [0, 0.05) is 11.3 Å². The summed E-state index contributed by atoms with van der Waals surface area (Å²) in [6.45, 7) is 7.10. The molecular weight excluding hydrogens is 298 g/mol. The molecule has 0 fully saturated rings. The summed E-state index contributed by atoms with van der Waals surface area (Å²) in [4.78, 5) is 9.95. The Morgan fingerprint density at radius 1 is 1.12 bits per heavy atom. The van der Waals surface area contributed by atoms with Gasteiger partial charge >= 0.3 is 0 Å². The molecule has 0 bridgehead atoms. The fourth-order valence-corrected chi connectivity index (χ4v) is 4.02. The Hall–Kier alpha value is -2.10. The van der Waals surface area contributed by atoms with E-state index in [1.165, 1.54) is 44.6 Å². The lowest BCUT2D eigenvalue weighted by molar-refractivity contribution is -0.282. The molecular formula is C21H23NO2. The smallest absolute Gasteiger partial charge is 0.108 e. The van der Waals surface area contributed by atoms with E-state index in [1.807, 2.05) is 0 Å². The van der Waals surface area contributed by atoms with Gasteiger partial charge in [-0.2, -0.15) is 0 Å². The zero-order valence-electron chi connectivity index (χ0n) is 14.7. The Labute approximate surface area is 143 Å². The van der Waals surface area contributed by atoms with Crippen LogP contribution in [-0.4, -0.2) is 12.6 Å². The van der Waals surface area contributed by atoms with Crippen molar-refractivity contribution in [2.24, 2.45) is 0 Å². The van der Waals surface area contributed by atoms with Crippen LogP contribution in [0.3, 0.4) is 0 Å². The number of rotatable bonds is 3. The second kappa shape index (κ2) is 5.47. The van der Waals surface area contributed by atoms with Crippen LogP contribution in [0.25, 0.3) is 16.7 Å². The van der Waals surface area contributed by atoms with Crippen LogP contribution in [-0.2, 0) is 22.8 Å². The summed E-state index contributed by atoms with van der Waals surface area (Å²) in [5.74, 6) is 0. The highest BCUT2D eigenvalue weighted by atomic mass is 17.2. The van der Waals surface area contributed by atoms with Crippen molar-refractivity contribution in [1.82, 2.24) is 0 Å². The second-order valence-electron chi connectivity index (χ2n) is 7.28. The second-order valence-corrected chi connectivity index (χ2v) is 7.28. The van der Waals surface area contributed by atoms with E-state index in [0.717, 1.165) is 6.42 Å². The van der Waals surface area contributed by atoms with Crippen LogP contribution in [0, 0.1) is 0 Å². The number of hydrogen-bond donors (Lipinski definition) is 1. The zero-order chi connectivity index (χ0) is 16.9. The number of nitrogens with one attached hydrogen (secondary N) is 1. The maximum atomic E-state index is 5.17. The number of anilines is 1. The van der Waals surface area contributed by atoms with E-state index in [4.69, 9.17) is 9.78 Å². The van der Waals surface area contributed by atoms with Gasteiger partial charge in [-0.1, -0.05) is 24.3 Å². The van der Waals surface area contributed by atoms with Gasteiger partial charge in [0.25, 0.3) is 0 Å². The van der Waals surface area contributed by atoms with E-state index in [-0.39, 0.29) is 5.54 Å². The van der Waals surface area contributed by atoms with E-state index >= 15 is 0 Å². The summed E-state index contributed by atoms with van der Waals surface area (Å²) >= 11 is 0. The molecule has 2 aliphatic rings. The molecule has 2 aromatic rings. The van der Waals surface area contributed by atoms with Crippen LogP contribution in [0.5, 0.6) is 0 Å². The Bertz CT molecular complexity index is 849. The third-order valence-electron chi connectivity index (χ3n) is 4.97. The standard InChI is InChI=1S/C21H23NO2/c1-13-11-21(2,3)22-20-9-15-8-18-14(12-24-23-4)6-5-7-16(18)19(15)10-17(13)20/h5-7,9-11,22H,8,12H2,1-4H3. The van der Waals surface area contributed by atoms with Crippen LogP contribution in [0.15, 0.2) is 36.4 Å². The first kappa shape index (κ1) is 15.4. The average molecular weight is 321 g/mol. The normalized spacial score (nSPS) is 16.8. The number of benzene rings is 2. The van der Waals surface area contributed by atoms with Gasteiger partial charge in [-0.3, -0.25) is 0 Å². The van der Waals surface area contributed by atoms with Crippen molar-refractivity contribution in [3.63, 3.8) is 0 Å². The molecule has 4 rings (SSSR count). The molecule has 1 aliphatic carbocycles. The number of fused-ring (bicyclic) bond motifs is 4. The van der Waals surface area contributed by atoms with Gasteiger partial charge in [-0.05, 0) is 72.7 Å². The Kier molecular flexibility index (Phi) is 3.52. The highest BCUT2D eigenvalue weighted by Crippen LogP contribution is 2.44. The van der Waals surface area contributed by atoms with E-state index in [0.29, 0.717) is 6.61 Å². The maximum Gasteiger partial charge on any atom is 0.108 e. The lowest BCUT2D eigenvalue weighted by Crippen LogP contribution is -2.31. The number of allylic oxidation sites excluding steroid dienone is 1. The van der Waals surface area contributed by atoms with Crippen molar-refractivity contribution in [2.45, 2.75) is 39.3 Å². The third kappa shape index (κ3) is 2.45. The molecule has 0 aromatic heterocycles. The van der Waals surface area contributed by atoms with E-state index in [1.54, 1.807) is 7.11 Å². The molecule has 124 valence electrons. The van der Waals surface area contributed by atoms with E-state index < -0.39 is 0 Å². The van der Waals surface area contributed by atoms with Crippen molar-refractivity contribution in [2.75, 3.05) is 12.4 Å². The molecule has 0 amide bonds. The van der Waals surface area contributed by atoms with Crippen LogP contribution in [0.4, 0.5) is 5.69 Å². The minimum atomic E-state index is -0.00571. The van der Waals surface area contributed by atoms with Gasteiger partial charge in [0.05, 0.1) is 12.6 Å². The van der Waals surface area contributed by atoms with Crippen molar-refractivity contribution >= 4 is 11.3 Å². The Balaban J connectivity index is 1.81. The van der Waals surface area contributed by atoms with Gasteiger partial charge < -0.3 is 5.32 Å². The first-order valence-corrected chi connectivity index (χ1v) is 8.40. The van der Waals surface area contributed by atoms with Gasteiger partial charge in [0.15, 0.2) is 0 Å². The van der Waals surface area contributed by atoms with Gasteiger partial charge in [0.2, 0.25) is 0 Å². The van der Waals surface area contributed by atoms with Crippen molar-refractivity contribution in [3.05, 3.63) is 58.7 Å². The summed E-state index contributed by atoms with van der Waals surface area (Å²) in [6, 6.07) is 11.1. The molecule has 0 saturated heterocycles. The highest BCUT2D eigenvalue weighted by molar-refractivity contribution is 5.88. The molecule has 0 radical (unpaired) electrons. The summed E-state index contributed by atoms with van der Waals surface area (Å²) in [5.41, 5.74) is 10.5. The molecule has 0 unspecified atom stereocenters. The van der Waals surface area contributed by atoms with Crippen molar-refractivity contribution in [3.8, 4) is 11.1 Å². The minimum Gasteiger partial charge on any atom is -0.376 e. The SMILES string of the molecule is COOCc1cccc2c1Cc1cc3c(cc1-2)C(C)=CC(C)(C)N3. The summed E-state index contributed by atoms with van der Waals surface area (Å²) in [7, 11) is 1.55. The van der Waals surface area contributed by atoms with Crippen LogP contribution < -0.4 is 5.32 Å². The molecule has 0 saturated carbocycles. The quantitative estimate of drug-likeness (QED) is 0.547. The summed E-state index contributed by atoms with van der Waals surface area (Å²) in [6.07, 6.45) is 3.26. The molecule has 3 nitrogen and oxygen atoms in total. The van der Waals surface area contributed by atoms with Gasteiger partial charge in [-0.15, -0.1) is 0 Å². The van der Waals surface area contributed by atoms with Gasteiger partial charge in [0.1, 0.15) is 6.61 Å². The first-order valence-electron chi connectivity index (χ1n) is 8.40. The fourth-order valence-electron chi connectivity index (χ4n) is 4.02. The summed E-state index contributed by atoms with van der Waals surface area (Å²) < 4.78 is 0. The fraction of sp³-hybridized carbons (Fsp3) is 0.333. The summed E-state index contributed by atoms with van der Waals surface area (Å²) in [5, 5.41) is 3.65. The predicted molar refractivity (Wildman–Crippen MR) is 97.8 cm³/mol. The number of hydrogen-bond acceptors (Lipinski definition) is 3. The third-order valence-corrected chi connectivity index (χ3v) is 4.97. The predicted octanol–water partition coefficient (Wildman–Crippen LogP) is 4.94. The monoisotopic (exact) mass is 321 g/mol. The van der Waals surface area contributed by atoms with Crippen LogP contribution >= 0.6 is 0 Å². The Morgan fingerprint density at radius 2 is 1.96 bits per heavy atom. The maximum absolute atomic E-state index is 5.17.